The van der Waals surface area contributed by atoms with Gasteiger partial charge in [0.2, 0.25) is 5.75 Å². The van der Waals surface area contributed by atoms with Crippen LogP contribution in [0.5, 0.6) is 17.2 Å². The molecule has 0 bridgehead atoms. The fourth-order valence-electron chi connectivity index (χ4n) is 3.54. The third-order valence-corrected chi connectivity index (χ3v) is 5.69. The lowest BCUT2D eigenvalue weighted by Gasteiger charge is -2.36. The molecule has 1 aliphatic rings. The number of nitrogens with zero attached hydrogens (tertiary/aromatic N) is 1. The van der Waals surface area contributed by atoms with Crippen molar-refractivity contribution in [3.63, 3.8) is 0 Å². The van der Waals surface area contributed by atoms with Crippen molar-refractivity contribution in [3.05, 3.63) is 64.9 Å². The monoisotopic (exact) mass is 440 g/mol. The Morgan fingerprint density at radius 3 is 2.29 bits per heavy atom. The van der Waals surface area contributed by atoms with Crippen LogP contribution in [0.4, 0.5) is 0 Å². The Morgan fingerprint density at radius 2 is 1.74 bits per heavy atom. The Labute approximate surface area is 188 Å². The molecule has 0 fully saturated rings. The number of allylic oxidation sites excluding steroid dienone is 1. The Bertz CT molecular complexity index is 979. The predicted octanol–water partition coefficient (Wildman–Crippen LogP) is 4.51. The Hall–Kier alpha value is -3.06. The van der Waals surface area contributed by atoms with Crippen molar-refractivity contribution in [1.82, 2.24) is 10.2 Å². The zero-order valence-corrected chi connectivity index (χ0v) is 19.3. The molecule has 0 aromatic heterocycles. The van der Waals surface area contributed by atoms with Crippen molar-refractivity contribution in [3.8, 4) is 17.2 Å². The van der Waals surface area contributed by atoms with Crippen LogP contribution in [0.2, 0.25) is 0 Å². The van der Waals surface area contributed by atoms with E-state index < -0.39 is 6.04 Å². The molecule has 0 saturated carbocycles. The van der Waals surface area contributed by atoms with Crippen LogP contribution in [-0.2, 0) is 0 Å². The van der Waals surface area contributed by atoms with Gasteiger partial charge in [-0.2, -0.15) is 0 Å². The van der Waals surface area contributed by atoms with Crippen LogP contribution < -0.4 is 19.5 Å². The first-order valence-electron chi connectivity index (χ1n) is 10.2. The van der Waals surface area contributed by atoms with Crippen molar-refractivity contribution >= 4 is 23.1 Å². The summed E-state index contributed by atoms with van der Waals surface area (Å²) in [6.07, 6.45) is 0.858. The fourth-order valence-corrected chi connectivity index (χ4v) is 3.79. The van der Waals surface area contributed by atoms with E-state index in [2.05, 4.69) is 5.32 Å². The molecule has 0 saturated heterocycles. The van der Waals surface area contributed by atoms with Gasteiger partial charge in [-0.3, -0.25) is 4.79 Å². The van der Waals surface area contributed by atoms with E-state index in [4.69, 9.17) is 26.4 Å². The minimum Gasteiger partial charge on any atom is -0.493 e. The van der Waals surface area contributed by atoms with Gasteiger partial charge in [0.25, 0.3) is 0 Å². The topological polar surface area (TPSA) is 60.0 Å². The molecule has 164 valence electrons. The first-order chi connectivity index (χ1) is 14.9. The minimum atomic E-state index is -0.459. The van der Waals surface area contributed by atoms with Gasteiger partial charge in [0, 0.05) is 23.9 Å². The maximum atomic E-state index is 13.5. The Balaban J connectivity index is 2.14. The number of Topliss-reactive ketones (excluding diaryl/α,β-unsaturated/α-hetero) is 1. The smallest absolute Gasteiger partial charge is 0.203 e. The van der Waals surface area contributed by atoms with E-state index in [1.807, 2.05) is 68.3 Å². The number of carbonyl (C=O) groups excluding carboxylic acids is 1. The number of hydrogen-bond donors (Lipinski definition) is 1. The average Bonchev–Trinajstić information content (AvgIpc) is 2.80. The number of nitrogens with one attached hydrogen (secondary N) is 1. The van der Waals surface area contributed by atoms with Gasteiger partial charge in [0.1, 0.15) is 0 Å². The standard InChI is InChI=1S/C24H28N2O4S/c1-6-12-30-23-18(28-4)13-17(14-19(23)29-5)21-20(15(2)26(3)24(31)25-21)22(27)16-10-8-7-9-11-16/h7-11,13-14,21H,6,12H2,1-5H3,(H,25,31). The molecule has 6 nitrogen and oxygen atoms in total. The molecule has 2 aromatic carbocycles. The van der Waals surface area contributed by atoms with Gasteiger partial charge < -0.3 is 24.4 Å². The van der Waals surface area contributed by atoms with E-state index in [0.717, 1.165) is 17.7 Å². The predicted molar refractivity (Wildman–Crippen MR) is 125 cm³/mol. The SMILES string of the molecule is CCCOc1c(OC)cc(C2NC(=S)N(C)C(C)=C2C(=O)c2ccccc2)cc1OC. The van der Waals surface area contributed by atoms with E-state index >= 15 is 0 Å². The molecule has 1 N–H and O–H groups in total. The van der Waals surface area contributed by atoms with Crippen molar-refractivity contribution in [2.24, 2.45) is 0 Å². The molecule has 1 heterocycles. The van der Waals surface area contributed by atoms with Crippen molar-refractivity contribution in [2.45, 2.75) is 26.3 Å². The average molecular weight is 441 g/mol. The van der Waals surface area contributed by atoms with Crippen molar-refractivity contribution in [2.75, 3.05) is 27.9 Å². The molecule has 7 heteroatoms. The number of ketones is 1. The molecule has 1 unspecified atom stereocenters. The van der Waals surface area contributed by atoms with Crippen LogP contribution in [-0.4, -0.2) is 43.7 Å². The molecule has 0 spiro atoms. The molecule has 31 heavy (non-hydrogen) atoms. The lowest BCUT2D eigenvalue weighted by molar-refractivity contribution is 0.102. The second-order valence-corrected chi connectivity index (χ2v) is 7.63. The fraction of sp³-hybridized carbons (Fsp3) is 0.333. The Kier molecular flexibility index (Phi) is 7.17. The van der Waals surface area contributed by atoms with Crippen LogP contribution >= 0.6 is 12.2 Å². The highest BCUT2D eigenvalue weighted by Crippen LogP contribution is 2.42. The number of methoxy groups -OCH3 is 2. The van der Waals surface area contributed by atoms with Crippen LogP contribution in [0.3, 0.4) is 0 Å². The highest BCUT2D eigenvalue weighted by Gasteiger charge is 2.34. The summed E-state index contributed by atoms with van der Waals surface area (Å²) in [5, 5.41) is 3.84. The zero-order chi connectivity index (χ0) is 22.5. The summed E-state index contributed by atoms with van der Waals surface area (Å²) in [6.45, 7) is 4.48. The maximum Gasteiger partial charge on any atom is 0.203 e. The number of thiocarbonyl (C=S) groups is 1. The first kappa shape index (κ1) is 22.6. The quantitative estimate of drug-likeness (QED) is 0.479. The van der Waals surface area contributed by atoms with E-state index in [1.54, 1.807) is 14.2 Å². The number of ether oxygens (including phenoxy) is 3. The van der Waals surface area contributed by atoms with E-state index in [-0.39, 0.29) is 5.78 Å². The van der Waals surface area contributed by atoms with Gasteiger partial charge in [-0.25, -0.2) is 0 Å². The molecule has 3 rings (SSSR count). The van der Waals surface area contributed by atoms with E-state index in [1.165, 1.54) is 0 Å². The van der Waals surface area contributed by atoms with E-state index in [9.17, 15) is 4.79 Å². The van der Waals surface area contributed by atoms with Crippen LogP contribution in [0, 0.1) is 0 Å². The third-order valence-electron chi connectivity index (χ3n) is 5.30. The molecular weight excluding hydrogens is 412 g/mol. The molecule has 2 aromatic rings. The molecular formula is C24H28N2O4S. The van der Waals surface area contributed by atoms with E-state index in [0.29, 0.717) is 40.1 Å². The van der Waals surface area contributed by atoms with Crippen LogP contribution in [0.25, 0.3) is 0 Å². The van der Waals surface area contributed by atoms with Crippen molar-refractivity contribution in [1.29, 1.82) is 0 Å². The highest BCUT2D eigenvalue weighted by molar-refractivity contribution is 7.80. The minimum absolute atomic E-state index is 0.0609. The van der Waals surface area contributed by atoms with Gasteiger partial charge in [-0.1, -0.05) is 37.3 Å². The summed E-state index contributed by atoms with van der Waals surface area (Å²) in [5.41, 5.74) is 2.83. The summed E-state index contributed by atoms with van der Waals surface area (Å²) in [5.74, 6) is 1.56. The summed E-state index contributed by atoms with van der Waals surface area (Å²) in [6, 6.07) is 12.5. The number of hydrogen-bond acceptors (Lipinski definition) is 5. The summed E-state index contributed by atoms with van der Waals surface area (Å²) in [7, 11) is 5.02. The van der Waals surface area contributed by atoms with Gasteiger partial charge in [0.05, 0.1) is 26.9 Å². The Morgan fingerprint density at radius 1 is 1.13 bits per heavy atom. The second-order valence-electron chi connectivity index (χ2n) is 7.24. The number of rotatable bonds is 8. The van der Waals surface area contributed by atoms with Crippen molar-refractivity contribution < 1.29 is 19.0 Å². The van der Waals surface area contributed by atoms with Gasteiger partial charge in [-0.15, -0.1) is 0 Å². The first-order valence-corrected chi connectivity index (χ1v) is 10.6. The van der Waals surface area contributed by atoms with Crippen LogP contribution in [0.1, 0.15) is 42.2 Å². The van der Waals surface area contributed by atoms with Crippen LogP contribution in [0.15, 0.2) is 53.7 Å². The van der Waals surface area contributed by atoms with Gasteiger partial charge >= 0.3 is 0 Å². The lowest BCUT2D eigenvalue weighted by atomic mass is 9.89. The molecule has 1 atom stereocenters. The maximum absolute atomic E-state index is 13.5. The summed E-state index contributed by atoms with van der Waals surface area (Å²) in [4.78, 5) is 15.3. The normalized spacial score (nSPS) is 16.1. The number of benzene rings is 2. The third kappa shape index (κ3) is 4.51. The summed E-state index contributed by atoms with van der Waals surface area (Å²) < 4.78 is 17.1. The summed E-state index contributed by atoms with van der Waals surface area (Å²) >= 11 is 5.53. The molecule has 1 aliphatic heterocycles. The second kappa shape index (κ2) is 9.83. The largest absolute Gasteiger partial charge is 0.493 e. The lowest BCUT2D eigenvalue weighted by Crippen LogP contribution is -2.45. The van der Waals surface area contributed by atoms with Gasteiger partial charge in [-0.05, 0) is 43.3 Å². The zero-order valence-electron chi connectivity index (χ0n) is 18.5. The molecule has 0 aliphatic carbocycles. The molecule has 0 amide bonds. The highest BCUT2D eigenvalue weighted by atomic mass is 32.1. The molecule has 0 radical (unpaired) electrons. The number of carbonyl (C=O) groups is 1. The van der Waals surface area contributed by atoms with Gasteiger partial charge in [0.15, 0.2) is 22.4 Å².